The van der Waals surface area contributed by atoms with E-state index in [0.29, 0.717) is 29.6 Å². The summed E-state index contributed by atoms with van der Waals surface area (Å²) >= 11 is 6.09. The van der Waals surface area contributed by atoms with E-state index >= 15 is 0 Å². The number of likely N-dealkylation sites (tertiary alicyclic amines) is 1. The fraction of sp³-hybridized carbons (Fsp3) is 0.480. The van der Waals surface area contributed by atoms with E-state index in [-0.39, 0.29) is 54.5 Å². The lowest BCUT2D eigenvalue weighted by Crippen LogP contribution is -2.51. The van der Waals surface area contributed by atoms with Crippen molar-refractivity contribution >= 4 is 29.2 Å². The van der Waals surface area contributed by atoms with Crippen molar-refractivity contribution in [1.82, 2.24) is 14.8 Å². The lowest BCUT2D eigenvalue weighted by Gasteiger charge is -2.39. The number of ether oxygens (including phenoxy) is 1. The Kier molecular flexibility index (Phi) is 6.80. The number of amides is 2. The zero-order chi connectivity index (χ0) is 24.5. The van der Waals surface area contributed by atoms with E-state index in [0.717, 1.165) is 25.7 Å². The van der Waals surface area contributed by atoms with E-state index in [1.807, 2.05) is 4.90 Å². The van der Waals surface area contributed by atoms with E-state index < -0.39 is 6.10 Å². The quantitative estimate of drug-likeness (QED) is 0.630. The number of anilines is 1. The molecule has 0 spiro atoms. The molecule has 1 unspecified atom stereocenters. The lowest BCUT2D eigenvalue weighted by atomic mass is 9.99. The fourth-order valence-corrected chi connectivity index (χ4v) is 5.58. The number of carbonyl (C=O) groups excluding carboxylic acids is 2. The van der Waals surface area contributed by atoms with Gasteiger partial charge in [0.05, 0.1) is 23.2 Å². The Bertz CT molecular complexity index is 1090. The summed E-state index contributed by atoms with van der Waals surface area (Å²) < 4.78 is 19.2. The van der Waals surface area contributed by atoms with Gasteiger partial charge >= 0.3 is 0 Å². The highest BCUT2D eigenvalue weighted by molar-refractivity contribution is 6.31. The van der Waals surface area contributed by atoms with Gasteiger partial charge in [0.25, 0.3) is 5.91 Å². The molecule has 10 heteroatoms. The third-order valence-corrected chi connectivity index (χ3v) is 7.24. The standard InChI is InChI=1S/C25H28ClFN4O4/c26-15-9-22(25(34)30-8-7-19(32)14-30)24(28-12-15)29-13-23(33)31-17-3-4-18(31)11-21(10-17)35-20-5-1-16(27)2-6-20/h1-2,5-6,9,12,17-19,21,32H,3-4,7-8,10-11,13-14H2,(H,28,29)/t17-,18+,19-,21?/m0/s1. The first-order valence-electron chi connectivity index (χ1n) is 12.0. The number of halogens is 2. The van der Waals surface area contributed by atoms with Crippen LogP contribution >= 0.6 is 11.6 Å². The van der Waals surface area contributed by atoms with Gasteiger partial charge in [-0.1, -0.05) is 11.6 Å². The minimum atomic E-state index is -0.533. The van der Waals surface area contributed by atoms with Crippen molar-refractivity contribution < 1.29 is 23.8 Å². The summed E-state index contributed by atoms with van der Waals surface area (Å²) in [5, 5.41) is 13.1. The van der Waals surface area contributed by atoms with Crippen molar-refractivity contribution in [3.05, 3.63) is 52.9 Å². The molecule has 1 aromatic carbocycles. The van der Waals surface area contributed by atoms with Crippen molar-refractivity contribution in [3.8, 4) is 5.75 Å². The van der Waals surface area contributed by atoms with Crippen LogP contribution in [0.4, 0.5) is 10.2 Å². The molecule has 2 N–H and O–H groups in total. The molecule has 0 saturated carbocycles. The molecule has 0 radical (unpaired) electrons. The Morgan fingerprint density at radius 3 is 2.54 bits per heavy atom. The summed E-state index contributed by atoms with van der Waals surface area (Å²) in [6.45, 7) is 0.735. The summed E-state index contributed by atoms with van der Waals surface area (Å²) in [5.41, 5.74) is 0.286. The van der Waals surface area contributed by atoms with Crippen LogP contribution in [0.25, 0.3) is 0 Å². The molecule has 0 aliphatic carbocycles. The molecule has 1 aromatic heterocycles. The van der Waals surface area contributed by atoms with E-state index in [1.54, 1.807) is 17.0 Å². The molecule has 8 nitrogen and oxygen atoms in total. The summed E-state index contributed by atoms with van der Waals surface area (Å²) in [6, 6.07) is 7.71. The number of β-amino-alcohol motifs (C(OH)–C–C–N with tert-alkyl or cyclic N) is 1. The van der Waals surface area contributed by atoms with Gasteiger partial charge in [-0.2, -0.15) is 0 Å². The van der Waals surface area contributed by atoms with Crippen LogP contribution in [0.2, 0.25) is 5.02 Å². The van der Waals surface area contributed by atoms with Crippen LogP contribution in [-0.2, 0) is 4.79 Å². The summed E-state index contributed by atoms with van der Waals surface area (Å²) in [4.78, 5) is 33.9. The molecule has 2 amide bonds. The van der Waals surface area contributed by atoms with Crippen molar-refractivity contribution in [1.29, 1.82) is 0 Å². The van der Waals surface area contributed by atoms with Crippen molar-refractivity contribution in [2.75, 3.05) is 25.0 Å². The van der Waals surface area contributed by atoms with Gasteiger partial charge in [-0.15, -0.1) is 0 Å². The van der Waals surface area contributed by atoms with Crippen LogP contribution in [0, 0.1) is 5.82 Å². The van der Waals surface area contributed by atoms with Crippen LogP contribution in [0.1, 0.15) is 42.5 Å². The monoisotopic (exact) mass is 502 g/mol. The number of piperidine rings is 1. The molecule has 3 aliphatic rings. The molecular weight excluding hydrogens is 475 g/mol. The Balaban J connectivity index is 1.21. The summed E-state index contributed by atoms with van der Waals surface area (Å²) in [5.74, 6) is 0.308. The summed E-state index contributed by atoms with van der Waals surface area (Å²) in [6.07, 6.45) is 4.69. The van der Waals surface area contributed by atoms with Crippen LogP contribution in [0.15, 0.2) is 36.5 Å². The van der Waals surface area contributed by atoms with Gasteiger partial charge < -0.3 is 25.0 Å². The molecule has 3 aliphatic heterocycles. The molecule has 5 rings (SSSR count). The molecule has 3 saturated heterocycles. The highest BCUT2D eigenvalue weighted by atomic mass is 35.5. The van der Waals surface area contributed by atoms with Gasteiger partial charge in [0, 0.05) is 44.2 Å². The largest absolute Gasteiger partial charge is 0.490 e. The number of aliphatic hydroxyl groups excluding tert-OH is 1. The topological polar surface area (TPSA) is 95.0 Å². The Hall–Kier alpha value is -2.91. The minimum absolute atomic E-state index is 0.00796. The van der Waals surface area contributed by atoms with Crippen molar-refractivity contribution in [3.63, 3.8) is 0 Å². The second-order valence-corrected chi connectivity index (χ2v) is 9.88. The number of nitrogens with zero attached hydrogens (tertiary/aromatic N) is 3. The van der Waals surface area contributed by atoms with Crippen LogP contribution in [-0.4, -0.2) is 75.6 Å². The first-order chi connectivity index (χ1) is 16.9. The lowest BCUT2D eigenvalue weighted by molar-refractivity contribution is -0.135. The predicted molar refractivity (Wildman–Crippen MR) is 128 cm³/mol. The van der Waals surface area contributed by atoms with E-state index in [4.69, 9.17) is 16.3 Å². The minimum Gasteiger partial charge on any atom is -0.490 e. The molecule has 2 aromatic rings. The average molecular weight is 503 g/mol. The average Bonchev–Trinajstić information content (AvgIpc) is 3.39. The van der Waals surface area contributed by atoms with Gasteiger partial charge in [0.15, 0.2) is 0 Å². The maximum Gasteiger partial charge on any atom is 0.257 e. The molecule has 2 bridgehead atoms. The maximum atomic E-state index is 13.2. The predicted octanol–water partition coefficient (Wildman–Crippen LogP) is 3.09. The number of aromatic nitrogens is 1. The molecule has 3 fully saturated rings. The van der Waals surface area contributed by atoms with Crippen molar-refractivity contribution in [2.45, 2.75) is 56.4 Å². The third kappa shape index (κ3) is 5.21. The summed E-state index contributed by atoms with van der Waals surface area (Å²) in [7, 11) is 0. The second-order valence-electron chi connectivity index (χ2n) is 9.45. The van der Waals surface area contributed by atoms with Gasteiger partial charge in [-0.25, -0.2) is 9.37 Å². The molecule has 4 heterocycles. The number of nitrogens with one attached hydrogen (secondary N) is 1. The maximum absolute atomic E-state index is 13.2. The molecule has 4 atom stereocenters. The smallest absolute Gasteiger partial charge is 0.257 e. The zero-order valence-corrected chi connectivity index (χ0v) is 20.0. The Morgan fingerprint density at radius 2 is 1.89 bits per heavy atom. The van der Waals surface area contributed by atoms with Gasteiger partial charge in [-0.3, -0.25) is 9.59 Å². The first-order valence-corrected chi connectivity index (χ1v) is 12.4. The zero-order valence-electron chi connectivity index (χ0n) is 19.2. The van der Waals surface area contributed by atoms with Gasteiger partial charge in [-0.05, 0) is 49.6 Å². The number of carbonyl (C=O) groups is 2. The number of hydrogen-bond donors (Lipinski definition) is 2. The highest BCUT2D eigenvalue weighted by Gasteiger charge is 2.44. The Morgan fingerprint density at radius 1 is 1.17 bits per heavy atom. The molecule has 35 heavy (non-hydrogen) atoms. The first kappa shape index (κ1) is 23.8. The van der Waals surface area contributed by atoms with Gasteiger partial charge in [0.2, 0.25) is 5.91 Å². The number of benzene rings is 1. The second kappa shape index (κ2) is 9.99. The third-order valence-electron chi connectivity index (χ3n) is 7.04. The van der Waals surface area contributed by atoms with Crippen LogP contribution in [0.3, 0.4) is 0 Å². The van der Waals surface area contributed by atoms with Crippen LogP contribution < -0.4 is 10.1 Å². The SMILES string of the molecule is O=C(c1cc(Cl)cnc1NCC(=O)N1[C@@H]2CC[C@H]1CC(Oc1ccc(F)cc1)C2)N1CC[C@H](O)C1. The number of rotatable bonds is 6. The fourth-order valence-electron chi connectivity index (χ4n) is 5.43. The van der Waals surface area contributed by atoms with E-state index in [9.17, 15) is 19.1 Å². The number of aliphatic hydroxyl groups is 1. The highest BCUT2D eigenvalue weighted by Crippen LogP contribution is 2.37. The Labute approximate surface area is 208 Å². The van der Waals surface area contributed by atoms with Crippen molar-refractivity contribution in [2.24, 2.45) is 0 Å². The number of pyridine rings is 1. The number of fused-ring (bicyclic) bond motifs is 2. The molecular formula is C25H28ClFN4O4. The van der Waals surface area contributed by atoms with E-state index in [2.05, 4.69) is 10.3 Å². The normalized spacial score (nSPS) is 25.6. The van der Waals surface area contributed by atoms with E-state index in [1.165, 1.54) is 24.4 Å². The van der Waals surface area contributed by atoms with Crippen LogP contribution in [0.5, 0.6) is 5.75 Å². The molecule has 186 valence electrons. The number of hydrogen-bond acceptors (Lipinski definition) is 6. The van der Waals surface area contributed by atoms with Gasteiger partial charge in [0.1, 0.15) is 23.5 Å².